The summed E-state index contributed by atoms with van der Waals surface area (Å²) in [6.45, 7) is 4.66. The minimum atomic E-state index is -3.85. The first kappa shape index (κ1) is 21.3. The summed E-state index contributed by atoms with van der Waals surface area (Å²) >= 11 is 0. The highest BCUT2D eigenvalue weighted by Gasteiger charge is 2.30. The van der Waals surface area contributed by atoms with Crippen LogP contribution >= 0.6 is 0 Å². The van der Waals surface area contributed by atoms with Gasteiger partial charge in [-0.25, -0.2) is 18.4 Å². The number of sulfone groups is 1. The third kappa shape index (κ3) is 4.02. The lowest BCUT2D eigenvalue weighted by Gasteiger charge is -2.08. The predicted molar refractivity (Wildman–Crippen MR) is 125 cm³/mol. The number of nitrogens with two attached hydrogens (primary N) is 1. The highest BCUT2D eigenvalue weighted by atomic mass is 32.2. The summed E-state index contributed by atoms with van der Waals surface area (Å²) in [5.74, 6) is 0.210. The zero-order valence-electron chi connectivity index (χ0n) is 18.0. The second kappa shape index (κ2) is 8.67. The van der Waals surface area contributed by atoms with E-state index in [2.05, 4.69) is 11.9 Å². The SMILES string of the molecule is CCCCCCCn1c(N)c(S(=O)(=O)c2cccc(C)c2)c2nc3ccccc3nc21. The molecule has 6 nitrogen and oxygen atoms in total. The number of rotatable bonds is 8. The standard InChI is InChI=1S/C24H28N4O2S/c1-3-4-5-6-9-15-28-23(25)22(31(29,30)18-12-10-11-17(2)16-18)21-24(28)27-20-14-8-7-13-19(20)26-21/h7-8,10-14,16H,3-6,9,15,25H2,1-2H3. The van der Waals surface area contributed by atoms with Crippen LogP contribution in [0.3, 0.4) is 0 Å². The fourth-order valence-corrected chi connectivity index (χ4v) is 5.57. The van der Waals surface area contributed by atoms with Crippen molar-refractivity contribution in [2.45, 2.75) is 62.3 Å². The number of para-hydroxylation sites is 2. The van der Waals surface area contributed by atoms with E-state index in [-0.39, 0.29) is 15.6 Å². The Labute approximate surface area is 183 Å². The van der Waals surface area contributed by atoms with Gasteiger partial charge >= 0.3 is 0 Å². The molecule has 4 aromatic rings. The number of nitrogen functional groups attached to an aromatic ring is 1. The van der Waals surface area contributed by atoms with Crippen molar-refractivity contribution >= 4 is 37.9 Å². The van der Waals surface area contributed by atoms with E-state index in [1.807, 2.05) is 41.8 Å². The molecule has 0 aliphatic rings. The van der Waals surface area contributed by atoms with E-state index in [1.165, 1.54) is 12.8 Å². The lowest BCUT2D eigenvalue weighted by molar-refractivity contribution is 0.576. The van der Waals surface area contributed by atoms with Crippen LogP contribution in [-0.2, 0) is 16.4 Å². The van der Waals surface area contributed by atoms with Gasteiger partial charge in [0.1, 0.15) is 16.2 Å². The molecule has 7 heteroatoms. The Morgan fingerprint density at radius 3 is 2.35 bits per heavy atom. The maximum Gasteiger partial charge on any atom is 0.212 e. The minimum absolute atomic E-state index is 0.0555. The molecule has 162 valence electrons. The molecule has 31 heavy (non-hydrogen) atoms. The maximum absolute atomic E-state index is 13.6. The molecule has 0 fully saturated rings. The van der Waals surface area contributed by atoms with Crippen molar-refractivity contribution in [1.29, 1.82) is 0 Å². The van der Waals surface area contributed by atoms with E-state index in [4.69, 9.17) is 10.7 Å². The van der Waals surface area contributed by atoms with Crippen molar-refractivity contribution in [2.75, 3.05) is 5.73 Å². The second-order valence-corrected chi connectivity index (χ2v) is 9.87. The van der Waals surface area contributed by atoms with Crippen molar-refractivity contribution in [3.8, 4) is 0 Å². The zero-order valence-corrected chi connectivity index (χ0v) is 18.8. The summed E-state index contributed by atoms with van der Waals surface area (Å²) in [5.41, 5.74) is 9.59. The Hall–Kier alpha value is -2.93. The Kier molecular flexibility index (Phi) is 5.96. The first-order valence-corrected chi connectivity index (χ1v) is 12.3. The van der Waals surface area contributed by atoms with Crippen LogP contribution in [0.15, 0.2) is 58.3 Å². The fraction of sp³-hybridized carbons (Fsp3) is 0.333. The van der Waals surface area contributed by atoms with Gasteiger partial charge in [0.25, 0.3) is 0 Å². The maximum atomic E-state index is 13.6. The summed E-state index contributed by atoms with van der Waals surface area (Å²) in [5, 5.41) is 0. The van der Waals surface area contributed by atoms with E-state index in [0.29, 0.717) is 23.2 Å². The van der Waals surface area contributed by atoms with Gasteiger partial charge in [-0.1, -0.05) is 56.9 Å². The molecular weight excluding hydrogens is 408 g/mol. The quantitative estimate of drug-likeness (QED) is 0.380. The number of benzene rings is 2. The molecule has 4 rings (SSSR count). The Balaban J connectivity index is 1.89. The van der Waals surface area contributed by atoms with Gasteiger partial charge in [0.15, 0.2) is 5.65 Å². The molecule has 2 N–H and O–H groups in total. The van der Waals surface area contributed by atoms with Crippen molar-refractivity contribution in [3.63, 3.8) is 0 Å². The van der Waals surface area contributed by atoms with Gasteiger partial charge in [0.05, 0.1) is 15.9 Å². The molecule has 2 aromatic heterocycles. The molecule has 0 aliphatic carbocycles. The van der Waals surface area contributed by atoms with Crippen LogP contribution in [0.2, 0.25) is 0 Å². The molecule has 0 radical (unpaired) electrons. The molecule has 0 amide bonds. The van der Waals surface area contributed by atoms with Crippen LogP contribution in [0.5, 0.6) is 0 Å². The average Bonchev–Trinajstić information content (AvgIpc) is 3.03. The van der Waals surface area contributed by atoms with Crippen molar-refractivity contribution < 1.29 is 8.42 Å². The van der Waals surface area contributed by atoms with Gasteiger partial charge in [0, 0.05) is 6.54 Å². The van der Waals surface area contributed by atoms with E-state index in [1.54, 1.807) is 18.2 Å². The van der Waals surface area contributed by atoms with Gasteiger partial charge in [-0.2, -0.15) is 0 Å². The number of hydrogen-bond donors (Lipinski definition) is 1. The molecular formula is C24H28N4O2S. The monoisotopic (exact) mass is 436 g/mol. The van der Waals surface area contributed by atoms with Crippen LogP contribution in [0.25, 0.3) is 22.2 Å². The fourth-order valence-electron chi connectivity index (χ4n) is 3.95. The van der Waals surface area contributed by atoms with Gasteiger partial charge in [-0.3, -0.25) is 0 Å². The number of anilines is 1. The summed E-state index contributed by atoms with van der Waals surface area (Å²) in [6, 6.07) is 14.4. The molecule has 0 unspecified atom stereocenters. The molecule has 0 saturated heterocycles. The predicted octanol–water partition coefficient (Wildman–Crippen LogP) is 5.28. The van der Waals surface area contributed by atoms with Gasteiger partial charge in [-0.05, 0) is 43.2 Å². The van der Waals surface area contributed by atoms with Crippen LogP contribution in [0.1, 0.15) is 44.6 Å². The van der Waals surface area contributed by atoms with Crippen LogP contribution < -0.4 is 5.73 Å². The highest BCUT2D eigenvalue weighted by molar-refractivity contribution is 7.92. The van der Waals surface area contributed by atoms with E-state index < -0.39 is 9.84 Å². The molecule has 2 heterocycles. The van der Waals surface area contributed by atoms with E-state index in [0.717, 1.165) is 30.3 Å². The Morgan fingerprint density at radius 1 is 0.935 bits per heavy atom. The third-order valence-electron chi connectivity index (χ3n) is 5.60. The summed E-state index contributed by atoms with van der Waals surface area (Å²) in [6.07, 6.45) is 5.49. The first-order valence-electron chi connectivity index (χ1n) is 10.8. The topological polar surface area (TPSA) is 90.9 Å². The normalized spacial score (nSPS) is 12.1. The second-order valence-electron chi connectivity index (χ2n) is 7.98. The van der Waals surface area contributed by atoms with Gasteiger partial charge in [-0.15, -0.1) is 0 Å². The number of fused-ring (bicyclic) bond motifs is 2. The Morgan fingerprint density at radius 2 is 1.65 bits per heavy atom. The summed E-state index contributed by atoms with van der Waals surface area (Å²) in [7, 11) is -3.85. The summed E-state index contributed by atoms with van der Waals surface area (Å²) < 4.78 is 29.1. The molecule has 0 bridgehead atoms. The molecule has 0 spiro atoms. The highest BCUT2D eigenvalue weighted by Crippen LogP contribution is 2.35. The number of nitrogens with zero attached hydrogens (tertiary/aromatic N) is 3. The third-order valence-corrected chi connectivity index (χ3v) is 7.41. The van der Waals surface area contributed by atoms with Crippen molar-refractivity contribution in [2.24, 2.45) is 0 Å². The summed E-state index contributed by atoms with van der Waals surface area (Å²) in [4.78, 5) is 9.72. The number of aryl methyl sites for hydroxylation is 2. The van der Waals surface area contributed by atoms with E-state index in [9.17, 15) is 8.42 Å². The van der Waals surface area contributed by atoms with E-state index >= 15 is 0 Å². The molecule has 0 aliphatic heterocycles. The van der Waals surface area contributed by atoms with Crippen LogP contribution in [0.4, 0.5) is 5.82 Å². The van der Waals surface area contributed by atoms with Gasteiger partial charge < -0.3 is 10.3 Å². The molecule has 0 atom stereocenters. The largest absolute Gasteiger partial charge is 0.384 e. The van der Waals surface area contributed by atoms with Gasteiger partial charge in [0.2, 0.25) is 9.84 Å². The minimum Gasteiger partial charge on any atom is -0.384 e. The van der Waals surface area contributed by atoms with Crippen LogP contribution in [0, 0.1) is 6.92 Å². The number of aromatic nitrogens is 3. The first-order chi connectivity index (χ1) is 14.9. The van der Waals surface area contributed by atoms with Crippen LogP contribution in [-0.4, -0.2) is 23.0 Å². The number of hydrogen-bond acceptors (Lipinski definition) is 5. The smallest absolute Gasteiger partial charge is 0.212 e. The van der Waals surface area contributed by atoms with Crippen molar-refractivity contribution in [3.05, 3.63) is 54.1 Å². The molecule has 0 saturated carbocycles. The lowest BCUT2D eigenvalue weighted by atomic mass is 10.1. The number of unbranched alkanes of at least 4 members (excludes halogenated alkanes) is 4. The van der Waals surface area contributed by atoms with Crippen molar-refractivity contribution in [1.82, 2.24) is 14.5 Å². The zero-order chi connectivity index (χ0) is 22.0. The lowest BCUT2D eigenvalue weighted by Crippen LogP contribution is -2.08. The average molecular weight is 437 g/mol. The molecule has 2 aromatic carbocycles. The Bertz CT molecular complexity index is 1340.